The van der Waals surface area contributed by atoms with Gasteiger partial charge in [0.25, 0.3) is 0 Å². The number of amidine groups is 1. The molecular formula is C6H15F2N3O. The average molecular weight is 183 g/mol. The Kier molecular flexibility index (Phi) is 7.54. The number of alkyl halides is 2. The molecule has 0 aliphatic heterocycles. The van der Waals surface area contributed by atoms with Crippen molar-refractivity contribution in [3.8, 4) is 0 Å². The summed E-state index contributed by atoms with van der Waals surface area (Å²) in [6, 6.07) is 0. The summed E-state index contributed by atoms with van der Waals surface area (Å²) in [5, 5.41) is 9.89. The van der Waals surface area contributed by atoms with Crippen molar-refractivity contribution < 1.29 is 14.0 Å². The first-order valence-corrected chi connectivity index (χ1v) is 2.23. The van der Waals surface area contributed by atoms with E-state index in [-0.39, 0.29) is 14.9 Å². The smallest absolute Gasteiger partial charge is 0.345 e. The maximum Gasteiger partial charge on any atom is 0.345 e. The van der Waals surface area contributed by atoms with Gasteiger partial charge >= 0.3 is 5.92 Å². The summed E-state index contributed by atoms with van der Waals surface area (Å²) in [5.41, 5.74) is 8.24. The van der Waals surface area contributed by atoms with Crippen molar-refractivity contribution in [2.45, 2.75) is 20.8 Å². The molecule has 74 valence electrons. The van der Waals surface area contributed by atoms with Crippen molar-refractivity contribution in [1.82, 2.24) is 0 Å². The molecule has 5 N–H and O–H groups in total. The number of hydrogen-bond donors (Lipinski definition) is 3. The quantitative estimate of drug-likeness (QED) is 0.259. The van der Waals surface area contributed by atoms with Gasteiger partial charge in [-0.05, 0) is 0 Å². The van der Waals surface area contributed by atoms with Crippen molar-refractivity contribution in [2.75, 3.05) is 0 Å². The van der Waals surface area contributed by atoms with Crippen LogP contribution in [-0.4, -0.2) is 17.0 Å². The molecule has 0 fully saturated rings. The highest BCUT2D eigenvalue weighted by Gasteiger charge is 2.37. The van der Waals surface area contributed by atoms with E-state index in [1.54, 1.807) is 0 Å². The van der Waals surface area contributed by atoms with E-state index in [0.717, 1.165) is 0 Å². The maximum absolute atomic E-state index is 12.3. The van der Waals surface area contributed by atoms with Crippen molar-refractivity contribution in [3.63, 3.8) is 0 Å². The number of nitrogens with zero attached hydrogens (tertiary/aromatic N) is 1. The van der Waals surface area contributed by atoms with E-state index in [4.69, 9.17) is 5.21 Å². The normalized spacial score (nSPS) is 11.0. The molecule has 0 radical (unpaired) electrons. The zero-order valence-electron chi connectivity index (χ0n) is 5.01. The SMILES string of the molecule is C.C.C=C(N)C(F)(F)/C(N)=N/O. The fraction of sp³-hybridized carbons (Fsp3) is 0.500. The first-order chi connectivity index (χ1) is 4.42. The molecule has 0 unspecified atom stereocenters. The zero-order chi connectivity index (χ0) is 8.36. The van der Waals surface area contributed by atoms with Crippen molar-refractivity contribution in [3.05, 3.63) is 12.3 Å². The minimum atomic E-state index is -3.63. The van der Waals surface area contributed by atoms with Crippen LogP contribution in [0.1, 0.15) is 14.9 Å². The number of rotatable bonds is 2. The molecule has 0 aliphatic rings. The molecule has 0 rings (SSSR count). The molecule has 4 nitrogen and oxygen atoms in total. The van der Waals surface area contributed by atoms with Crippen LogP contribution in [0, 0.1) is 0 Å². The Bertz CT molecular complexity index is 180. The third-order valence-corrected chi connectivity index (χ3v) is 0.833. The first kappa shape index (κ1) is 17.0. The lowest BCUT2D eigenvalue weighted by Crippen LogP contribution is -2.39. The topological polar surface area (TPSA) is 84.6 Å². The van der Waals surface area contributed by atoms with Gasteiger partial charge in [0, 0.05) is 0 Å². The van der Waals surface area contributed by atoms with Gasteiger partial charge in [-0.25, -0.2) is 0 Å². The second kappa shape index (κ2) is 5.34. The molecule has 0 heterocycles. The first-order valence-electron chi connectivity index (χ1n) is 2.23. The highest BCUT2D eigenvalue weighted by molar-refractivity contribution is 5.89. The summed E-state index contributed by atoms with van der Waals surface area (Å²) < 4.78 is 24.6. The molecule has 0 aromatic heterocycles. The molecule has 0 saturated carbocycles. The third-order valence-electron chi connectivity index (χ3n) is 0.833. The predicted molar refractivity (Wildman–Crippen MR) is 45.1 cm³/mol. The average Bonchev–Trinajstić information content (AvgIpc) is 1.86. The zero-order valence-corrected chi connectivity index (χ0v) is 5.01. The molecule has 0 aromatic carbocycles. The molecule has 0 bridgehead atoms. The van der Waals surface area contributed by atoms with Crippen molar-refractivity contribution >= 4 is 5.84 Å². The summed E-state index contributed by atoms with van der Waals surface area (Å²) in [6.45, 7) is 2.75. The van der Waals surface area contributed by atoms with Gasteiger partial charge in [-0.3, -0.25) is 0 Å². The molecule has 0 amide bonds. The highest BCUT2D eigenvalue weighted by atomic mass is 19.3. The predicted octanol–water partition coefficient (Wildman–Crippen LogP) is 1.11. The Hall–Kier alpha value is -1.33. The Morgan fingerprint density at radius 3 is 1.75 bits per heavy atom. The van der Waals surface area contributed by atoms with Crippen LogP contribution < -0.4 is 11.5 Å². The third kappa shape index (κ3) is 3.18. The Labute approximate surface area is 70.5 Å². The van der Waals surface area contributed by atoms with E-state index in [2.05, 4.69) is 23.2 Å². The van der Waals surface area contributed by atoms with Crippen LogP contribution in [0.3, 0.4) is 0 Å². The monoisotopic (exact) mass is 183 g/mol. The fourth-order valence-corrected chi connectivity index (χ4v) is 0.227. The van der Waals surface area contributed by atoms with Crippen LogP contribution >= 0.6 is 0 Å². The fourth-order valence-electron chi connectivity index (χ4n) is 0.227. The number of nitrogens with two attached hydrogens (primary N) is 2. The van der Waals surface area contributed by atoms with E-state index >= 15 is 0 Å². The largest absolute Gasteiger partial charge is 0.409 e. The summed E-state index contributed by atoms with van der Waals surface area (Å²) in [5.74, 6) is -4.89. The van der Waals surface area contributed by atoms with E-state index in [1.165, 1.54) is 0 Å². The second-order valence-electron chi connectivity index (χ2n) is 1.58. The molecule has 0 aromatic rings. The van der Waals surface area contributed by atoms with Crippen LogP contribution in [0.4, 0.5) is 8.78 Å². The summed E-state index contributed by atoms with van der Waals surface area (Å²) >= 11 is 0. The van der Waals surface area contributed by atoms with Crippen LogP contribution in [0.15, 0.2) is 17.4 Å². The van der Waals surface area contributed by atoms with Gasteiger partial charge < -0.3 is 16.7 Å². The van der Waals surface area contributed by atoms with Gasteiger partial charge in [-0.15, -0.1) is 0 Å². The highest BCUT2D eigenvalue weighted by Crippen LogP contribution is 2.18. The Morgan fingerprint density at radius 2 is 1.67 bits per heavy atom. The Morgan fingerprint density at radius 1 is 1.33 bits per heavy atom. The van der Waals surface area contributed by atoms with Gasteiger partial charge in [-0.2, -0.15) is 8.78 Å². The van der Waals surface area contributed by atoms with E-state index in [9.17, 15) is 8.78 Å². The molecule has 0 atom stereocenters. The number of halogens is 2. The minimum absolute atomic E-state index is 0. The van der Waals surface area contributed by atoms with E-state index in [0.29, 0.717) is 0 Å². The van der Waals surface area contributed by atoms with Gasteiger partial charge in [0.2, 0.25) is 5.84 Å². The molecule has 0 spiro atoms. The van der Waals surface area contributed by atoms with Gasteiger partial charge in [0.15, 0.2) is 0 Å². The van der Waals surface area contributed by atoms with E-state index in [1.807, 2.05) is 0 Å². The molecule has 0 aliphatic carbocycles. The lowest BCUT2D eigenvalue weighted by molar-refractivity contribution is 0.112. The van der Waals surface area contributed by atoms with Crippen LogP contribution in [0.25, 0.3) is 0 Å². The number of hydrogen-bond acceptors (Lipinski definition) is 3. The van der Waals surface area contributed by atoms with Crippen molar-refractivity contribution in [2.24, 2.45) is 16.6 Å². The summed E-state index contributed by atoms with van der Waals surface area (Å²) in [4.78, 5) is 0. The summed E-state index contributed by atoms with van der Waals surface area (Å²) in [6.07, 6.45) is 0. The van der Waals surface area contributed by atoms with Crippen LogP contribution in [0.5, 0.6) is 0 Å². The lowest BCUT2D eigenvalue weighted by Gasteiger charge is -2.12. The van der Waals surface area contributed by atoms with Crippen LogP contribution in [0.2, 0.25) is 0 Å². The second-order valence-corrected chi connectivity index (χ2v) is 1.58. The Balaban J connectivity index is -0.000000405. The minimum Gasteiger partial charge on any atom is -0.409 e. The van der Waals surface area contributed by atoms with Crippen LogP contribution in [-0.2, 0) is 0 Å². The molecule has 0 saturated heterocycles. The van der Waals surface area contributed by atoms with Crippen molar-refractivity contribution in [1.29, 1.82) is 0 Å². The standard InChI is InChI=1S/C4H7F2N3O.2CH4/c1-2(7)4(5,6)3(8)9-10;;/h10H,1,7H2,(H2,8,9);2*1H4. The van der Waals surface area contributed by atoms with E-state index < -0.39 is 17.5 Å². The van der Waals surface area contributed by atoms with Gasteiger partial charge in [0.1, 0.15) is 0 Å². The molecule has 12 heavy (non-hydrogen) atoms. The lowest BCUT2D eigenvalue weighted by atomic mass is 10.2. The molecular weight excluding hydrogens is 168 g/mol. The van der Waals surface area contributed by atoms with Gasteiger partial charge in [-0.1, -0.05) is 26.6 Å². The number of oxime groups is 1. The summed E-state index contributed by atoms with van der Waals surface area (Å²) in [7, 11) is 0. The molecule has 6 heteroatoms. The van der Waals surface area contributed by atoms with Gasteiger partial charge in [0.05, 0.1) is 5.70 Å². The maximum atomic E-state index is 12.3.